The first-order valence-corrected chi connectivity index (χ1v) is 9.81. The van der Waals surface area contributed by atoms with Gasteiger partial charge >= 0.3 is 0 Å². The molecule has 0 aromatic carbocycles. The van der Waals surface area contributed by atoms with Gasteiger partial charge < -0.3 is 14.2 Å². The lowest BCUT2D eigenvalue weighted by Crippen LogP contribution is -2.35. The van der Waals surface area contributed by atoms with E-state index in [4.69, 9.17) is 9.26 Å². The highest BCUT2D eigenvalue weighted by molar-refractivity contribution is 7.15. The molecule has 1 atom stereocenters. The van der Waals surface area contributed by atoms with Gasteiger partial charge in [0, 0.05) is 33.4 Å². The molecule has 0 saturated carbocycles. The highest BCUT2D eigenvalue weighted by Gasteiger charge is 2.17. The van der Waals surface area contributed by atoms with Crippen LogP contribution in [-0.4, -0.2) is 57.8 Å². The Labute approximate surface area is 167 Å². The van der Waals surface area contributed by atoms with Crippen molar-refractivity contribution in [3.8, 4) is 0 Å². The highest BCUT2D eigenvalue weighted by Crippen LogP contribution is 2.18. The Kier molecular flexibility index (Phi) is 8.00. The van der Waals surface area contributed by atoms with Gasteiger partial charge in [-0.15, -0.1) is 10.2 Å². The van der Waals surface area contributed by atoms with Crippen LogP contribution in [0.1, 0.15) is 50.0 Å². The topological polar surface area (TPSA) is 123 Å². The Morgan fingerprint density at radius 2 is 2.04 bits per heavy atom. The number of aromatic nitrogens is 4. The van der Waals surface area contributed by atoms with Crippen molar-refractivity contribution in [2.75, 3.05) is 26.0 Å². The Morgan fingerprint density at radius 3 is 2.71 bits per heavy atom. The first kappa shape index (κ1) is 21.9. The number of methoxy groups -OCH3 is 1. The predicted molar refractivity (Wildman–Crippen MR) is 103 cm³/mol. The van der Waals surface area contributed by atoms with Gasteiger partial charge in [0.1, 0.15) is 11.1 Å². The summed E-state index contributed by atoms with van der Waals surface area (Å²) < 4.78 is 10.2. The number of hydrogen-bond acceptors (Lipinski definition) is 9. The third kappa shape index (κ3) is 6.64. The molecule has 28 heavy (non-hydrogen) atoms. The van der Waals surface area contributed by atoms with E-state index in [9.17, 15) is 9.59 Å². The molecule has 2 aromatic heterocycles. The molecule has 2 heterocycles. The van der Waals surface area contributed by atoms with Crippen LogP contribution >= 0.6 is 11.3 Å². The van der Waals surface area contributed by atoms with Gasteiger partial charge in [-0.1, -0.05) is 30.3 Å². The lowest BCUT2D eigenvalue weighted by Gasteiger charge is -2.15. The van der Waals surface area contributed by atoms with Gasteiger partial charge in [0.25, 0.3) is 0 Å². The van der Waals surface area contributed by atoms with Crippen LogP contribution in [0.15, 0.2) is 4.52 Å². The van der Waals surface area contributed by atoms with E-state index in [1.165, 1.54) is 16.2 Å². The molecule has 0 radical (unpaired) electrons. The molecule has 0 aliphatic heterocycles. The largest absolute Gasteiger partial charge is 0.374 e. The van der Waals surface area contributed by atoms with Gasteiger partial charge in [-0.2, -0.15) is 4.98 Å². The highest BCUT2D eigenvalue weighted by atomic mass is 32.1. The van der Waals surface area contributed by atoms with Crippen molar-refractivity contribution < 1.29 is 18.8 Å². The van der Waals surface area contributed by atoms with E-state index in [0.717, 1.165) is 11.4 Å². The van der Waals surface area contributed by atoms with Crippen molar-refractivity contribution in [1.82, 2.24) is 25.2 Å². The predicted octanol–water partition coefficient (Wildman–Crippen LogP) is 1.86. The fourth-order valence-corrected chi connectivity index (χ4v) is 3.21. The lowest BCUT2D eigenvalue weighted by molar-refractivity contribution is -0.133. The number of nitrogens with zero attached hydrogens (tertiary/aromatic N) is 5. The smallest absolute Gasteiger partial charge is 0.245 e. The second kappa shape index (κ2) is 10.2. The molecular formula is C17H26N6O4S. The summed E-state index contributed by atoms with van der Waals surface area (Å²) >= 11 is 1.34. The van der Waals surface area contributed by atoms with E-state index in [0.29, 0.717) is 29.2 Å². The zero-order valence-electron chi connectivity index (χ0n) is 16.8. The number of aryl methyl sites for hydroxylation is 1. The molecule has 0 saturated heterocycles. The summed E-state index contributed by atoms with van der Waals surface area (Å²) in [5.74, 6) is 0.737. The molecule has 154 valence electrons. The molecule has 0 bridgehead atoms. The Morgan fingerprint density at radius 1 is 1.29 bits per heavy atom. The van der Waals surface area contributed by atoms with Gasteiger partial charge in [0.2, 0.25) is 22.8 Å². The van der Waals surface area contributed by atoms with E-state index in [-0.39, 0.29) is 30.9 Å². The number of carbonyl (C=O) groups is 2. The van der Waals surface area contributed by atoms with E-state index in [2.05, 4.69) is 39.5 Å². The third-order valence-electron chi connectivity index (χ3n) is 3.86. The molecule has 0 aliphatic rings. The van der Waals surface area contributed by atoms with Gasteiger partial charge in [-0.25, -0.2) is 0 Å². The second-order valence-corrected chi connectivity index (χ2v) is 7.88. The van der Waals surface area contributed by atoms with E-state index in [1.807, 2.05) is 0 Å². The maximum atomic E-state index is 12.2. The van der Waals surface area contributed by atoms with Crippen molar-refractivity contribution in [2.24, 2.45) is 5.92 Å². The molecule has 2 aromatic rings. The minimum atomic E-state index is -0.322. The number of likely N-dealkylation sites (N-methyl/N-ethyl adjacent to an activating group) is 1. The number of ether oxygens (including phenoxy) is 1. The SMILES string of the molecule is CO[C@H](C)c1noc(CCC(=O)N(C)CC(=O)Nc2nnc(CC(C)C)s2)n1. The zero-order chi connectivity index (χ0) is 20.7. The summed E-state index contributed by atoms with van der Waals surface area (Å²) in [6.45, 7) is 5.91. The lowest BCUT2D eigenvalue weighted by atomic mass is 10.1. The molecule has 2 rings (SSSR count). The molecule has 0 spiro atoms. The van der Waals surface area contributed by atoms with Crippen molar-refractivity contribution in [1.29, 1.82) is 0 Å². The van der Waals surface area contributed by atoms with Crippen LogP contribution in [-0.2, 0) is 27.2 Å². The molecule has 10 nitrogen and oxygen atoms in total. The van der Waals surface area contributed by atoms with Crippen LogP contribution in [0.5, 0.6) is 0 Å². The zero-order valence-corrected chi connectivity index (χ0v) is 17.6. The van der Waals surface area contributed by atoms with Crippen LogP contribution in [0.4, 0.5) is 5.13 Å². The van der Waals surface area contributed by atoms with Crippen LogP contribution in [0.25, 0.3) is 0 Å². The normalized spacial score (nSPS) is 12.2. The van der Waals surface area contributed by atoms with Crippen LogP contribution < -0.4 is 5.32 Å². The average molecular weight is 411 g/mol. The minimum Gasteiger partial charge on any atom is -0.374 e. The monoisotopic (exact) mass is 410 g/mol. The first-order chi connectivity index (χ1) is 13.3. The molecule has 0 fully saturated rings. The van der Waals surface area contributed by atoms with Crippen molar-refractivity contribution in [2.45, 2.75) is 46.1 Å². The molecule has 2 amide bonds. The third-order valence-corrected chi connectivity index (χ3v) is 4.72. The number of rotatable bonds is 10. The van der Waals surface area contributed by atoms with Gasteiger partial charge in [-0.05, 0) is 12.8 Å². The quantitative estimate of drug-likeness (QED) is 0.629. The molecule has 1 N–H and O–H groups in total. The Balaban J connectivity index is 1.77. The number of hydrogen-bond donors (Lipinski definition) is 1. The number of carbonyl (C=O) groups excluding carboxylic acids is 2. The second-order valence-electron chi connectivity index (χ2n) is 6.82. The van der Waals surface area contributed by atoms with Crippen LogP contribution in [0.2, 0.25) is 0 Å². The average Bonchev–Trinajstić information content (AvgIpc) is 3.27. The summed E-state index contributed by atoms with van der Waals surface area (Å²) in [5.41, 5.74) is 0. The van der Waals surface area contributed by atoms with Crippen LogP contribution in [0, 0.1) is 5.92 Å². The van der Waals surface area contributed by atoms with Gasteiger partial charge in [-0.3, -0.25) is 14.9 Å². The molecule has 0 aliphatic carbocycles. The van der Waals surface area contributed by atoms with E-state index < -0.39 is 0 Å². The molecule has 0 unspecified atom stereocenters. The van der Waals surface area contributed by atoms with Gasteiger partial charge in [0.15, 0.2) is 5.82 Å². The molecular weight excluding hydrogens is 384 g/mol. The molecule has 11 heteroatoms. The van der Waals surface area contributed by atoms with Crippen molar-refractivity contribution in [3.63, 3.8) is 0 Å². The van der Waals surface area contributed by atoms with Gasteiger partial charge in [0.05, 0.1) is 6.54 Å². The summed E-state index contributed by atoms with van der Waals surface area (Å²) in [6.07, 6.45) is 0.987. The van der Waals surface area contributed by atoms with Crippen molar-refractivity contribution in [3.05, 3.63) is 16.7 Å². The maximum absolute atomic E-state index is 12.2. The number of anilines is 1. The fraction of sp³-hybridized carbons (Fsp3) is 0.647. The maximum Gasteiger partial charge on any atom is 0.245 e. The standard InChI is InChI=1S/C17H26N6O4S/c1-10(2)8-14-20-21-17(28-14)18-12(24)9-23(4)15(25)7-6-13-19-16(22-27-13)11(3)26-5/h10-11H,6-9H2,1-5H3,(H,18,21,24)/t11-/m1/s1. The first-order valence-electron chi connectivity index (χ1n) is 9.00. The summed E-state index contributed by atoms with van der Waals surface area (Å²) in [6, 6.07) is 0. The fourth-order valence-electron chi connectivity index (χ4n) is 2.24. The summed E-state index contributed by atoms with van der Waals surface area (Å²) in [5, 5.41) is 15.8. The van der Waals surface area contributed by atoms with E-state index >= 15 is 0 Å². The minimum absolute atomic E-state index is 0.0757. The van der Waals surface area contributed by atoms with Crippen molar-refractivity contribution >= 4 is 28.3 Å². The number of nitrogens with one attached hydrogen (secondary N) is 1. The van der Waals surface area contributed by atoms with E-state index in [1.54, 1.807) is 21.1 Å². The Hall–Kier alpha value is -2.40. The summed E-state index contributed by atoms with van der Waals surface area (Å²) in [7, 11) is 3.12. The summed E-state index contributed by atoms with van der Waals surface area (Å²) in [4.78, 5) is 29.9. The Bertz CT molecular complexity index is 790. The number of amides is 2. The van der Waals surface area contributed by atoms with Crippen LogP contribution in [0.3, 0.4) is 0 Å².